The zero-order chi connectivity index (χ0) is 22.7. The molecule has 13 heteroatoms. The number of hydrogen-bond donors (Lipinski definition) is 1. The van der Waals surface area contributed by atoms with Gasteiger partial charge in [-0.3, -0.25) is 9.59 Å². The van der Waals surface area contributed by atoms with Gasteiger partial charge in [0.15, 0.2) is 10.2 Å². The van der Waals surface area contributed by atoms with Crippen molar-refractivity contribution < 1.29 is 22.7 Å². The Kier molecular flexibility index (Phi) is 6.76. The molecule has 2 aromatic rings. The van der Waals surface area contributed by atoms with Crippen LogP contribution in [-0.2, 0) is 24.3 Å². The Balaban J connectivity index is 1.38. The third-order valence-corrected chi connectivity index (χ3v) is 8.23. The van der Waals surface area contributed by atoms with E-state index in [-0.39, 0.29) is 28.4 Å². The van der Waals surface area contributed by atoms with Crippen LogP contribution in [0.1, 0.15) is 25.3 Å². The highest BCUT2D eigenvalue weighted by atomic mass is 32.2. The summed E-state index contributed by atoms with van der Waals surface area (Å²) in [6.45, 7) is 3.04. The third-order valence-electron chi connectivity index (χ3n) is 4.96. The summed E-state index contributed by atoms with van der Waals surface area (Å²) >= 11 is 2.39. The molecule has 1 amide bonds. The van der Waals surface area contributed by atoms with Crippen LogP contribution in [0.15, 0.2) is 37.9 Å². The number of nitrogens with zero attached hydrogens (tertiary/aromatic N) is 4. The number of fused-ring (bicyclic) bond motifs is 1. The van der Waals surface area contributed by atoms with Crippen LogP contribution < -0.4 is 5.32 Å². The summed E-state index contributed by atoms with van der Waals surface area (Å²) in [6.07, 6.45) is 1.41. The van der Waals surface area contributed by atoms with Crippen LogP contribution in [-0.4, -0.2) is 66.7 Å². The number of piperidine rings is 1. The molecule has 1 fully saturated rings. The standard InChI is InChI=1S/C19H21N5O5S3/c1-2-29-15(25)11-30-19-22-21-18(31-19)20-17(26)12-6-5-9-24(10-12)16-13-7-3-4-8-14(13)32(27,28)23-16/h3-4,7-8,12H,2,5-6,9-11H2,1H3,(H,20,21,26). The number of carbonyl (C=O) groups excluding carboxylic acids is 2. The fourth-order valence-corrected chi connectivity index (χ4v) is 6.33. The molecule has 0 bridgehead atoms. The fourth-order valence-electron chi connectivity index (χ4n) is 3.55. The lowest BCUT2D eigenvalue weighted by Gasteiger charge is -2.33. The number of aromatic nitrogens is 2. The van der Waals surface area contributed by atoms with Crippen molar-refractivity contribution in [1.82, 2.24) is 15.1 Å². The Morgan fingerprint density at radius 1 is 1.31 bits per heavy atom. The largest absolute Gasteiger partial charge is 0.465 e. The van der Waals surface area contributed by atoms with E-state index in [1.807, 2.05) is 4.90 Å². The van der Waals surface area contributed by atoms with E-state index in [2.05, 4.69) is 19.9 Å². The minimum absolute atomic E-state index is 0.125. The van der Waals surface area contributed by atoms with Gasteiger partial charge in [0.1, 0.15) is 4.90 Å². The lowest BCUT2D eigenvalue weighted by molar-refractivity contribution is -0.139. The number of hydrogen-bond acceptors (Lipinski definition) is 10. The first-order valence-electron chi connectivity index (χ1n) is 9.99. The number of ether oxygens (including phenoxy) is 1. The van der Waals surface area contributed by atoms with Gasteiger partial charge >= 0.3 is 5.97 Å². The van der Waals surface area contributed by atoms with Crippen molar-refractivity contribution in [3.05, 3.63) is 29.8 Å². The summed E-state index contributed by atoms with van der Waals surface area (Å²) in [7, 11) is -3.71. The second-order valence-electron chi connectivity index (χ2n) is 7.13. The van der Waals surface area contributed by atoms with E-state index in [1.165, 1.54) is 23.1 Å². The van der Waals surface area contributed by atoms with E-state index in [0.29, 0.717) is 47.0 Å². The van der Waals surface area contributed by atoms with Gasteiger partial charge in [-0.25, -0.2) is 0 Å². The molecule has 2 aliphatic rings. The lowest BCUT2D eigenvalue weighted by Crippen LogP contribution is -2.43. The van der Waals surface area contributed by atoms with Crippen LogP contribution in [0.3, 0.4) is 0 Å². The summed E-state index contributed by atoms with van der Waals surface area (Å²) in [6, 6.07) is 6.72. The fraction of sp³-hybridized carbons (Fsp3) is 0.421. The second kappa shape index (κ2) is 9.55. The van der Waals surface area contributed by atoms with Gasteiger partial charge in [-0.2, -0.15) is 8.42 Å². The molecule has 170 valence electrons. The van der Waals surface area contributed by atoms with Gasteiger partial charge in [-0.15, -0.1) is 14.6 Å². The molecule has 32 heavy (non-hydrogen) atoms. The molecular formula is C19H21N5O5S3. The van der Waals surface area contributed by atoms with Crippen LogP contribution in [0.4, 0.5) is 5.13 Å². The van der Waals surface area contributed by atoms with Crippen molar-refractivity contribution in [2.24, 2.45) is 10.3 Å². The SMILES string of the molecule is CCOC(=O)CSc1nnc(NC(=O)C2CCCN(C3=NS(=O)(=O)c4ccccc43)C2)s1. The summed E-state index contributed by atoms with van der Waals surface area (Å²) in [4.78, 5) is 26.3. The van der Waals surface area contributed by atoms with Crippen LogP contribution in [0.5, 0.6) is 0 Å². The Labute approximate surface area is 193 Å². The molecule has 1 aromatic carbocycles. The quantitative estimate of drug-likeness (QED) is 0.363. The Morgan fingerprint density at radius 3 is 2.94 bits per heavy atom. The summed E-state index contributed by atoms with van der Waals surface area (Å²) in [5.74, 6) is -0.366. The highest BCUT2D eigenvalue weighted by Gasteiger charge is 2.35. The van der Waals surface area contributed by atoms with Crippen molar-refractivity contribution in [3.8, 4) is 0 Å². The molecule has 2 aliphatic heterocycles. The van der Waals surface area contributed by atoms with Crippen molar-refractivity contribution in [2.45, 2.75) is 29.0 Å². The Morgan fingerprint density at radius 2 is 2.12 bits per heavy atom. The normalized spacial score (nSPS) is 19.2. The van der Waals surface area contributed by atoms with E-state index >= 15 is 0 Å². The van der Waals surface area contributed by atoms with Crippen LogP contribution in [0, 0.1) is 5.92 Å². The van der Waals surface area contributed by atoms with E-state index in [9.17, 15) is 18.0 Å². The number of anilines is 1. The predicted molar refractivity (Wildman–Crippen MR) is 120 cm³/mol. The van der Waals surface area contributed by atoms with Gasteiger partial charge < -0.3 is 15.0 Å². The molecule has 0 radical (unpaired) electrons. The van der Waals surface area contributed by atoms with E-state index < -0.39 is 10.0 Å². The number of sulfonamides is 1. The minimum atomic E-state index is -3.71. The van der Waals surface area contributed by atoms with Gasteiger partial charge in [0, 0.05) is 18.7 Å². The number of nitrogens with one attached hydrogen (secondary N) is 1. The van der Waals surface area contributed by atoms with E-state index in [0.717, 1.165) is 6.42 Å². The molecule has 1 saturated heterocycles. The summed E-state index contributed by atoms with van der Waals surface area (Å²) in [5, 5.41) is 11.1. The van der Waals surface area contributed by atoms with Crippen molar-refractivity contribution in [3.63, 3.8) is 0 Å². The number of esters is 1. The Hall–Kier alpha value is -2.51. The molecule has 1 unspecified atom stereocenters. The number of rotatable bonds is 6. The van der Waals surface area contributed by atoms with Crippen LogP contribution >= 0.6 is 23.1 Å². The topological polar surface area (TPSA) is 131 Å². The van der Waals surface area contributed by atoms with Crippen LogP contribution in [0.25, 0.3) is 0 Å². The number of benzene rings is 1. The first kappa shape index (κ1) is 22.7. The van der Waals surface area contributed by atoms with Crippen molar-refractivity contribution in [1.29, 1.82) is 0 Å². The smallest absolute Gasteiger partial charge is 0.316 e. The average molecular weight is 496 g/mol. The molecule has 0 spiro atoms. The second-order valence-corrected chi connectivity index (χ2v) is 10.9. The third kappa shape index (κ3) is 4.94. The minimum Gasteiger partial charge on any atom is -0.465 e. The molecule has 4 rings (SSSR count). The number of thioether (sulfide) groups is 1. The summed E-state index contributed by atoms with van der Waals surface area (Å²) < 4.78 is 34.1. The zero-order valence-corrected chi connectivity index (χ0v) is 19.6. The van der Waals surface area contributed by atoms with Crippen molar-refractivity contribution in [2.75, 3.05) is 30.8 Å². The highest BCUT2D eigenvalue weighted by molar-refractivity contribution is 8.01. The molecule has 1 N–H and O–H groups in total. The van der Waals surface area contributed by atoms with Crippen LogP contribution in [0.2, 0.25) is 0 Å². The first-order valence-corrected chi connectivity index (χ1v) is 13.2. The molecule has 1 aromatic heterocycles. The molecule has 0 saturated carbocycles. The first-order chi connectivity index (χ1) is 15.4. The molecule has 10 nitrogen and oxygen atoms in total. The number of amidine groups is 1. The Bertz CT molecular complexity index is 1160. The number of likely N-dealkylation sites (tertiary alicyclic amines) is 1. The van der Waals surface area contributed by atoms with E-state index in [1.54, 1.807) is 31.2 Å². The van der Waals surface area contributed by atoms with Gasteiger partial charge in [0.2, 0.25) is 11.0 Å². The van der Waals surface area contributed by atoms with E-state index in [4.69, 9.17) is 4.74 Å². The monoisotopic (exact) mass is 495 g/mol. The maximum Gasteiger partial charge on any atom is 0.316 e. The maximum atomic E-state index is 12.8. The van der Waals surface area contributed by atoms with Crippen molar-refractivity contribution >= 4 is 56.0 Å². The maximum absolute atomic E-state index is 12.8. The van der Waals surface area contributed by atoms with Gasteiger partial charge in [-0.1, -0.05) is 35.2 Å². The molecular weight excluding hydrogens is 474 g/mol. The molecule has 0 aliphatic carbocycles. The average Bonchev–Trinajstić information content (AvgIpc) is 3.34. The van der Waals surface area contributed by atoms with Gasteiger partial charge in [0.25, 0.3) is 10.0 Å². The molecule has 1 atom stereocenters. The zero-order valence-electron chi connectivity index (χ0n) is 17.2. The number of amides is 1. The van der Waals surface area contributed by atoms with Gasteiger partial charge in [-0.05, 0) is 31.9 Å². The predicted octanol–water partition coefficient (Wildman–Crippen LogP) is 1.99. The molecule has 3 heterocycles. The van der Waals surface area contributed by atoms with Gasteiger partial charge in [0.05, 0.1) is 18.3 Å². The highest BCUT2D eigenvalue weighted by Crippen LogP contribution is 2.30. The summed E-state index contributed by atoms with van der Waals surface area (Å²) in [5.41, 5.74) is 0.570. The number of carbonyl (C=O) groups is 2. The lowest BCUT2D eigenvalue weighted by atomic mass is 9.96.